The topological polar surface area (TPSA) is 163 Å². The maximum absolute atomic E-state index is 13.0. The highest BCUT2D eigenvalue weighted by molar-refractivity contribution is 7.99. The molecule has 2 heterocycles. The molecule has 11 nitrogen and oxygen atoms in total. The fraction of sp³-hybridized carbons (Fsp3) is 0.522. The summed E-state index contributed by atoms with van der Waals surface area (Å²) in [6.45, 7) is 3.21. The second-order valence-corrected chi connectivity index (χ2v) is 15.6. The second kappa shape index (κ2) is 13.7. The van der Waals surface area contributed by atoms with Crippen molar-refractivity contribution in [1.82, 2.24) is 19.5 Å². The van der Waals surface area contributed by atoms with Gasteiger partial charge in [-0.25, -0.2) is 9.97 Å². The van der Waals surface area contributed by atoms with Crippen LogP contribution in [0.15, 0.2) is 40.5 Å². The van der Waals surface area contributed by atoms with Crippen molar-refractivity contribution in [3.63, 3.8) is 0 Å². The Hall–Kier alpha value is -2.36. The van der Waals surface area contributed by atoms with Gasteiger partial charge in [-0.2, -0.15) is 31.3 Å². The first-order valence-electron chi connectivity index (χ1n) is 12.6. The number of anilines is 1. The standard InChI is InChI=1S/C23H29F6N5O6P2S/c1-3-4-9-39-15-7-5-6-8-16(15)43-19-17-18(32-20(30)33-19)34(13-31-17)10-14(2)40-21(41(35,36)11-22(24,25)26)42(37,38)12-23(27,28)29/h5-8,13-14,21H,3-4,9-12H2,1-2H3,(H,35,36)(H,37,38)(H2,30,32,33). The van der Waals surface area contributed by atoms with Gasteiger partial charge < -0.3 is 29.6 Å². The van der Waals surface area contributed by atoms with Crippen LogP contribution in [0.4, 0.5) is 32.3 Å². The summed E-state index contributed by atoms with van der Waals surface area (Å²) in [6, 6.07) is 7.12. The number of aromatic nitrogens is 4. The Labute approximate surface area is 246 Å². The third-order valence-electron chi connectivity index (χ3n) is 5.57. The minimum atomic E-state index is -5.84. The normalized spacial score (nSPS) is 16.9. The Morgan fingerprint density at radius 1 is 1.05 bits per heavy atom. The second-order valence-electron chi connectivity index (χ2n) is 9.54. The molecule has 1 aromatic carbocycles. The summed E-state index contributed by atoms with van der Waals surface area (Å²) in [5.41, 5.74) is 3.05. The summed E-state index contributed by atoms with van der Waals surface area (Å²) < 4.78 is 115. The lowest BCUT2D eigenvalue weighted by molar-refractivity contribution is -0.109. The fourth-order valence-electron chi connectivity index (χ4n) is 3.89. The van der Waals surface area contributed by atoms with Crippen LogP contribution in [0.25, 0.3) is 11.2 Å². The lowest BCUT2D eigenvalue weighted by Crippen LogP contribution is -2.30. The van der Waals surface area contributed by atoms with Crippen molar-refractivity contribution < 1.29 is 54.7 Å². The molecule has 0 saturated carbocycles. The molecule has 0 spiro atoms. The molecule has 3 aromatic rings. The zero-order valence-electron chi connectivity index (χ0n) is 22.7. The van der Waals surface area contributed by atoms with Crippen LogP contribution < -0.4 is 10.5 Å². The van der Waals surface area contributed by atoms with E-state index in [1.54, 1.807) is 24.3 Å². The molecule has 0 aliphatic rings. The molecule has 0 amide bonds. The predicted molar refractivity (Wildman–Crippen MR) is 147 cm³/mol. The average Bonchev–Trinajstić information content (AvgIpc) is 3.23. The maximum atomic E-state index is 13.0. The van der Waals surface area contributed by atoms with Crippen LogP contribution in [-0.4, -0.2) is 72.3 Å². The first kappa shape index (κ1) is 35.1. The summed E-state index contributed by atoms with van der Waals surface area (Å²) in [4.78, 5) is 33.3. The highest BCUT2D eigenvalue weighted by Gasteiger charge is 2.55. The molecule has 0 saturated heterocycles. The van der Waals surface area contributed by atoms with Gasteiger partial charge in [-0.3, -0.25) is 9.13 Å². The molecule has 4 N–H and O–H groups in total. The summed E-state index contributed by atoms with van der Waals surface area (Å²) >= 11 is 1.16. The van der Waals surface area contributed by atoms with Crippen molar-refractivity contribution in [1.29, 1.82) is 0 Å². The molecule has 3 atom stereocenters. The van der Waals surface area contributed by atoms with Crippen molar-refractivity contribution in [2.45, 2.75) is 67.2 Å². The number of nitrogens with zero attached hydrogens (tertiary/aromatic N) is 4. The molecule has 3 rings (SSSR count). The Bertz CT molecular complexity index is 1470. The Kier molecular flexibility index (Phi) is 11.2. The number of nitrogen functional groups attached to an aromatic ring is 1. The largest absolute Gasteiger partial charge is 0.492 e. The lowest BCUT2D eigenvalue weighted by atomic mass is 10.3. The van der Waals surface area contributed by atoms with Crippen molar-refractivity contribution in [3.8, 4) is 5.75 Å². The predicted octanol–water partition coefficient (Wildman–Crippen LogP) is 6.09. The highest BCUT2D eigenvalue weighted by Crippen LogP contribution is 2.67. The number of imidazole rings is 1. The van der Waals surface area contributed by atoms with Crippen molar-refractivity contribution in [2.24, 2.45) is 0 Å². The van der Waals surface area contributed by atoms with Crippen molar-refractivity contribution >= 4 is 43.6 Å². The van der Waals surface area contributed by atoms with E-state index < -0.39 is 57.6 Å². The van der Waals surface area contributed by atoms with Gasteiger partial charge in [-0.1, -0.05) is 37.2 Å². The molecule has 240 valence electrons. The number of benzene rings is 1. The lowest BCUT2D eigenvalue weighted by Gasteiger charge is -2.30. The van der Waals surface area contributed by atoms with Gasteiger partial charge in [0.25, 0.3) is 0 Å². The molecular formula is C23H29F6N5O6P2S. The van der Waals surface area contributed by atoms with E-state index >= 15 is 0 Å². The SMILES string of the molecule is CCCCOc1ccccc1Sc1nc(N)nc2c1ncn2CC(C)OC(P(=O)(O)CC(F)(F)F)P(=O)(O)CC(F)(F)F. The molecular weight excluding hydrogens is 650 g/mol. The van der Waals surface area contributed by atoms with E-state index in [-0.39, 0.29) is 17.1 Å². The Balaban J connectivity index is 1.90. The first-order valence-corrected chi connectivity index (χ1v) is 17.3. The van der Waals surface area contributed by atoms with Crippen LogP contribution in [0, 0.1) is 0 Å². The van der Waals surface area contributed by atoms with E-state index in [9.17, 15) is 45.3 Å². The van der Waals surface area contributed by atoms with Gasteiger partial charge in [-0.05, 0) is 25.5 Å². The zero-order chi connectivity index (χ0) is 32.2. The van der Waals surface area contributed by atoms with Crippen LogP contribution in [0.1, 0.15) is 26.7 Å². The smallest absolute Gasteiger partial charge is 0.398 e. The van der Waals surface area contributed by atoms with Crippen molar-refractivity contribution in [3.05, 3.63) is 30.6 Å². The monoisotopic (exact) mass is 679 g/mol. The van der Waals surface area contributed by atoms with E-state index in [1.807, 2.05) is 6.92 Å². The number of nitrogens with two attached hydrogens (primary N) is 1. The van der Waals surface area contributed by atoms with Crippen LogP contribution in [0.2, 0.25) is 0 Å². The molecule has 3 unspecified atom stereocenters. The van der Waals surface area contributed by atoms with Gasteiger partial charge in [-0.15, -0.1) is 0 Å². The number of unbranched alkanes of at least 4 members (excludes halogenated alkanes) is 1. The summed E-state index contributed by atoms with van der Waals surface area (Å²) in [5.74, 6) is 0.390. The number of para-hydroxylation sites is 1. The number of alkyl halides is 6. The van der Waals surface area contributed by atoms with Gasteiger partial charge >= 0.3 is 12.4 Å². The quantitative estimate of drug-likeness (QED) is 0.0782. The van der Waals surface area contributed by atoms with E-state index in [0.29, 0.717) is 22.3 Å². The number of hydrogen-bond donors (Lipinski definition) is 3. The average molecular weight is 680 g/mol. The van der Waals surface area contributed by atoms with Crippen LogP contribution in [0.5, 0.6) is 5.75 Å². The Morgan fingerprint density at radius 3 is 2.23 bits per heavy atom. The van der Waals surface area contributed by atoms with E-state index in [4.69, 9.17) is 15.2 Å². The van der Waals surface area contributed by atoms with E-state index in [0.717, 1.165) is 31.5 Å². The van der Waals surface area contributed by atoms with Crippen LogP contribution in [0.3, 0.4) is 0 Å². The Morgan fingerprint density at radius 2 is 1.65 bits per heavy atom. The van der Waals surface area contributed by atoms with Gasteiger partial charge in [0.2, 0.25) is 26.3 Å². The number of hydrogen-bond acceptors (Lipinski definition) is 9. The molecule has 2 aromatic heterocycles. The van der Waals surface area contributed by atoms with Gasteiger partial charge in [0.1, 0.15) is 28.6 Å². The molecule has 20 heteroatoms. The number of halogens is 6. The fourth-order valence-corrected chi connectivity index (χ4v) is 9.74. The molecule has 0 aliphatic heterocycles. The van der Waals surface area contributed by atoms with E-state index in [1.165, 1.54) is 10.9 Å². The highest BCUT2D eigenvalue weighted by atomic mass is 32.2. The summed E-state index contributed by atoms with van der Waals surface area (Å²) in [6.07, 6.45) is -14.2. The minimum Gasteiger partial charge on any atom is -0.492 e. The van der Waals surface area contributed by atoms with Gasteiger partial charge in [0.05, 0.1) is 30.5 Å². The number of rotatable bonds is 14. The van der Waals surface area contributed by atoms with Crippen LogP contribution in [-0.2, 0) is 20.4 Å². The van der Waals surface area contributed by atoms with Gasteiger partial charge in [0.15, 0.2) is 5.65 Å². The molecule has 0 aliphatic carbocycles. The molecule has 43 heavy (non-hydrogen) atoms. The third-order valence-corrected chi connectivity index (χ3v) is 12.0. The molecule has 0 radical (unpaired) electrons. The molecule has 0 fully saturated rings. The van der Waals surface area contributed by atoms with E-state index in [2.05, 4.69) is 15.0 Å². The number of fused-ring (bicyclic) bond motifs is 1. The summed E-state index contributed by atoms with van der Waals surface area (Å²) in [7, 11) is -11.7. The zero-order valence-corrected chi connectivity index (χ0v) is 25.4. The maximum Gasteiger partial charge on any atom is 0.398 e. The van der Waals surface area contributed by atoms with Crippen LogP contribution >= 0.6 is 26.5 Å². The first-order chi connectivity index (χ1) is 19.8. The minimum absolute atomic E-state index is 0.0938. The van der Waals surface area contributed by atoms with Gasteiger partial charge in [0, 0.05) is 0 Å². The third kappa shape index (κ3) is 10.1. The molecule has 0 bridgehead atoms. The summed E-state index contributed by atoms with van der Waals surface area (Å²) in [5, 5.41) is 0.300. The number of ether oxygens (including phenoxy) is 2. The van der Waals surface area contributed by atoms with Crippen molar-refractivity contribution in [2.75, 3.05) is 24.7 Å².